The molecule has 25 heavy (non-hydrogen) atoms. The number of allylic oxidation sites excluding steroid dienone is 1. The van der Waals surface area contributed by atoms with E-state index in [-0.39, 0.29) is 29.4 Å². The molecule has 3 atom stereocenters. The number of para-hydroxylation sites is 1. The lowest BCUT2D eigenvalue weighted by Gasteiger charge is -2.47. The average Bonchev–Trinajstić information content (AvgIpc) is 2.57. The summed E-state index contributed by atoms with van der Waals surface area (Å²) in [4.78, 5) is 22.6. The Morgan fingerprint density at radius 2 is 2.00 bits per heavy atom. The second kappa shape index (κ2) is 7.00. The Labute approximate surface area is 148 Å². The van der Waals surface area contributed by atoms with Gasteiger partial charge in [0.05, 0.1) is 19.3 Å². The van der Waals surface area contributed by atoms with E-state index in [0.29, 0.717) is 19.0 Å². The summed E-state index contributed by atoms with van der Waals surface area (Å²) in [5.41, 5.74) is 1.99. The molecule has 0 N–H and O–H groups in total. The lowest BCUT2D eigenvalue weighted by atomic mass is 9.66. The van der Waals surface area contributed by atoms with Gasteiger partial charge >= 0.3 is 11.9 Å². The van der Waals surface area contributed by atoms with Crippen molar-refractivity contribution < 1.29 is 23.8 Å². The van der Waals surface area contributed by atoms with E-state index in [1.807, 2.05) is 18.2 Å². The molecule has 1 aromatic rings. The molecule has 1 aliphatic carbocycles. The molecule has 1 aliphatic heterocycles. The number of carbonyl (C=O) groups excluding carboxylic acids is 2. The fourth-order valence-electron chi connectivity index (χ4n) is 3.77. The van der Waals surface area contributed by atoms with Crippen LogP contribution in [0.3, 0.4) is 0 Å². The van der Waals surface area contributed by atoms with Crippen molar-refractivity contribution in [1.29, 1.82) is 0 Å². The minimum atomic E-state index is -0.344. The van der Waals surface area contributed by atoms with Crippen molar-refractivity contribution in [3.05, 3.63) is 41.5 Å². The quantitative estimate of drug-likeness (QED) is 0.474. The van der Waals surface area contributed by atoms with Crippen molar-refractivity contribution in [2.24, 2.45) is 11.3 Å². The van der Waals surface area contributed by atoms with Crippen LogP contribution < -0.4 is 4.74 Å². The molecule has 1 fully saturated rings. The molecule has 1 saturated heterocycles. The van der Waals surface area contributed by atoms with Gasteiger partial charge < -0.3 is 14.2 Å². The van der Waals surface area contributed by atoms with Gasteiger partial charge in [0.1, 0.15) is 5.75 Å². The number of esters is 2. The van der Waals surface area contributed by atoms with E-state index in [4.69, 9.17) is 14.2 Å². The van der Waals surface area contributed by atoms with Gasteiger partial charge in [-0.2, -0.15) is 0 Å². The van der Waals surface area contributed by atoms with Gasteiger partial charge in [0.2, 0.25) is 0 Å². The van der Waals surface area contributed by atoms with Gasteiger partial charge in [0, 0.05) is 30.7 Å². The molecular weight excluding hydrogens is 320 g/mol. The highest BCUT2D eigenvalue weighted by atomic mass is 16.5. The molecular formula is C20H24O5. The van der Waals surface area contributed by atoms with Crippen molar-refractivity contribution in [1.82, 2.24) is 0 Å². The summed E-state index contributed by atoms with van der Waals surface area (Å²) in [5.74, 6) is 0.114. The third-order valence-corrected chi connectivity index (χ3v) is 5.09. The molecule has 1 aromatic carbocycles. The summed E-state index contributed by atoms with van der Waals surface area (Å²) in [6, 6.07) is 7.51. The molecule has 5 nitrogen and oxygen atoms in total. The third-order valence-electron chi connectivity index (χ3n) is 5.09. The maximum atomic E-state index is 11.4. The summed E-state index contributed by atoms with van der Waals surface area (Å²) in [6.07, 6.45) is 3.79. The minimum absolute atomic E-state index is 0.164. The second-order valence-corrected chi connectivity index (χ2v) is 7.11. The Balaban J connectivity index is 1.87. The average molecular weight is 344 g/mol. The van der Waals surface area contributed by atoms with Crippen molar-refractivity contribution in [2.45, 2.75) is 39.7 Å². The van der Waals surface area contributed by atoms with E-state index in [0.717, 1.165) is 18.4 Å². The fourth-order valence-corrected chi connectivity index (χ4v) is 3.77. The van der Waals surface area contributed by atoms with Crippen LogP contribution in [0.1, 0.15) is 45.3 Å². The third kappa shape index (κ3) is 3.76. The molecule has 0 spiro atoms. The largest absolute Gasteiger partial charge is 0.465 e. The molecule has 2 aliphatic rings. The van der Waals surface area contributed by atoms with E-state index < -0.39 is 0 Å². The lowest BCUT2D eigenvalue weighted by Crippen LogP contribution is -2.44. The highest BCUT2D eigenvalue weighted by Crippen LogP contribution is 2.51. The first-order chi connectivity index (χ1) is 11.9. The SMILES string of the molecule is CC(=O)OC[C@]12CC=C(C)[C@@H](C1)[C@H](c1ccccc1OC(C)=O)OC2. The zero-order valence-corrected chi connectivity index (χ0v) is 14.9. The van der Waals surface area contributed by atoms with Crippen molar-refractivity contribution >= 4 is 11.9 Å². The summed E-state index contributed by atoms with van der Waals surface area (Å²) < 4.78 is 16.9. The maximum Gasteiger partial charge on any atom is 0.308 e. The standard InChI is InChI=1S/C20H24O5/c1-13-8-9-20(11-23-14(2)21)10-17(13)19(24-12-20)16-6-4-5-7-18(16)25-15(3)22/h4-8,17,19H,9-12H2,1-3H3/t17-,19+,20+/m1/s1. The predicted molar refractivity (Wildman–Crippen MR) is 92.0 cm³/mol. The Hall–Kier alpha value is -2.14. The number of hydrogen-bond donors (Lipinski definition) is 0. The van der Waals surface area contributed by atoms with Gasteiger partial charge in [-0.05, 0) is 25.8 Å². The van der Waals surface area contributed by atoms with Crippen LogP contribution in [-0.4, -0.2) is 25.2 Å². The minimum Gasteiger partial charge on any atom is -0.465 e. The van der Waals surface area contributed by atoms with Crippen LogP contribution >= 0.6 is 0 Å². The fraction of sp³-hybridized carbons (Fsp3) is 0.500. The van der Waals surface area contributed by atoms with E-state index in [1.54, 1.807) is 6.07 Å². The van der Waals surface area contributed by atoms with Crippen LogP contribution in [0.2, 0.25) is 0 Å². The number of ether oxygens (including phenoxy) is 3. The van der Waals surface area contributed by atoms with Gasteiger partial charge in [-0.15, -0.1) is 0 Å². The van der Waals surface area contributed by atoms with E-state index in [9.17, 15) is 9.59 Å². The van der Waals surface area contributed by atoms with Crippen LogP contribution in [0.15, 0.2) is 35.9 Å². The maximum absolute atomic E-state index is 11.4. The number of rotatable bonds is 4. The highest BCUT2D eigenvalue weighted by Gasteiger charge is 2.46. The van der Waals surface area contributed by atoms with Crippen molar-refractivity contribution in [3.63, 3.8) is 0 Å². The van der Waals surface area contributed by atoms with Crippen LogP contribution in [0.4, 0.5) is 0 Å². The van der Waals surface area contributed by atoms with Gasteiger partial charge in [0.25, 0.3) is 0 Å². The summed E-state index contributed by atoms with van der Waals surface area (Å²) >= 11 is 0. The van der Waals surface area contributed by atoms with Gasteiger partial charge in [-0.25, -0.2) is 0 Å². The molecule has 0 amide bonds. The van der Waals surface area contributed by atoms with E-state index in [1.165, 1.54) is 19.4 Å². The summed E-state index contributed by atoms with van der Waals surface area (Å²) in [5, 5.41) is 0. The Bertz CT molecular complexity index is 708. The molecule has 5 heteroatoms. The zero-order chi connectivity index (χ0) is 18.0. The van der Waals surface area contributed by atoms with E-state index in [2.05, 4.69) is 13.0 Å². The van der Waals surface area contributed by atoms with E-state index >= 15 is 0 Å². The normalized spacial score (nSPS) is 28.0. The van der Waals surface area contributed by atoms with Crippen LogP contribution in [-0.2, 0) is 19.1 Å². The summed E-state index contributed by atoms with van der Waals surface area (Å²) in [6.45, 7) is 5.82. The van der Waals surface area contributed by atoms with Crippen LogP contribution in [0.5, 0.6) is 5.75 Å². The Kier molecular flexibility index (Phi) is 4.95. The molecule has 0 aromatic heterocycles. The zero-order valence-electron chi connectivity index (χ0n) is 14.9. The molecule has 1 heterocycles. The summed E-state index contributed by atoms with van der Waals surface area (Å²) in [7, 11) is 0. The number of fused-ring (bicyclic) bond motifs is 2. The Morgan fingerprint density at radius 3 is 2.72 bits per heavy atom. The smallest absolute Gasteiger partial charge is 0.308 e. The number of benzene rings is 1. The number of hydrogen-bond acceptors (Lipinski definition) is 5. The van der Waals surface area contributed by atoms with Crippen molar-refractivity contribution in [2.75, 3.05) is 13.2 Å². The molecule has 0 unspecified atom stereocenters. The monoisotopic (exact) mass is 344 g/mol. The lowest BCUT2D eigenvalue weighted by molar-refractivity contribution is -0.156. The van der Waals surface area contributed by atoms with Crippen LogP contribution in [0.25, 0.3) is 0 Å². The van der Waals surface area contributed by atoms with Gasteiger partial charge in [0.15, 0.2) is 0 Å². The van der Waals surface area contributed by atoms with Gasteiger partial charge in [-0.3, -0.25) is 9.59 Å². The van der Waals surface area contributed by atoms with Crippen molar-refractivity contribution in [3.8, 4) is 5.75 Å². The molecule has 134 valence electrons. The van der Waals surface area contributed by atoms with Crippen LogP contribution in [0, 0.1) is 11.3 Å². The number of carbonyl (C=O) groups is 2. The Morgan fingerprint density at radius 1 is 1.24 bits per heavy atom. The first-order valence-corrected chi connectivity index (χ1v) is 8.59. The van der Waals surface area contributed by atoms with Gasteiger partial charge in [-0.1, -0.05) is 29.8 Å². The second-order valence-electron chi connectivity index (χ2n) is 7.11. The molecule has 0 saturated carbocycles. The molecule has 3 rings (SSSR count). The topological polar surface area (TPSA) is 61.8 Å². The molecule has 0 radical (unpaired) electrons. The first-order valence-electron chi connectivity index (χ1n) is 8.59. The molecule has 2 bridgehead atoms. The highest BCUT2D eigenvalue weighted by molar-refractivity contribution is 5.70. The first kappa shape index (κ1) is 17.7. The predicted octanol–water partition coefficient (Wildman–Crippen LogP) is 3.59.